The summed E-state index contributed by atoms with van der Waals surface area (Å²) >= 11 is 6.88. The molecule has 0 bridgehead atoms. The Labute approximate surface area is 135 Å². The molecule has 2 aromatic carbocycles. The molecule has 2 aromatic rings. The third-order valence-electron chi connectivity index (χ3n) is 3.22. The maximum atomic E-state index is 10.4. The third kappa shape index (κ3) is 3.43. The van der Waals surface area contributed by atoms with Gasteiger partial charge in [0.2, 0.25) is 0 Å². The lowest BCUT2D eigenvalue weighted by Gasteiger charge is -2.13. The average Bonchev–Trinajstić information content (AvgIpc) is 3.22. The molecule has 0 aliphatic heterocycles. The quantitative estimate of drug-likeness (QED) is 0.800. The van der Waals surface area contributed by atoms with Crippen LogP contribution in [-0.4, -0.2) is 11.2 Å². The predicted molar refractivity (Wildman–Crippen MR) is 86.0 cm³/mol. The van der Waals surface area contributed by atoms with Crippen molar-refractivity contribution in [2.24, 2.45) is 0 Å². The van der Waals surface area contributed by atoms with E-state index in [1.54, 1.807) is 0 Å². The average molecular weight is 398 g/mol. The van der Waals surface area contributed by atoms with E-state index in [4.69, 9.17) is 4.74 Å². The minimum absolute atomic E-state index is 0.395. The lowest BCUT2D eigenvalue weighted by molar-refractivity contribution is 0.220. The lowest BCUT2D eigenvalue weighted by Crippen LogP contribution is -2.01. The first kappa shape index (κ1) is 14.1. The third-order valence-corrected chi connectivity index (χ3v) is 4.14. The van der Waals surface area contributed by atoms with E-state index in [1.165, 1.54) is 0 Å². The second kappa shape index (κ2) is 5.88. The number of hydrogen-bond donors (Lipinski definition) is 1. The molecule has 4 heteroatoms. The maximum Gasteiger partial charge on any atom is 0.119 e. The molecule has 20 heavy (non-hydrogen) atoms. The van der Waals surface area contributed by atoms with Gasteiger partial charge in [-0.3, -0.25) is 0 Å². The maximum absolute atomic E-state index is 10.4. The highest BCUT2D eigenvalue weighted by Gasteiger charge is 2.23. The Morgan fingerprint density at radius 3 is 2.10 bits per heavy atom. The van der Waals surface area contributed by atoms with Crippen LogP contribution in [0.3, 0.4) is 0 Å². The minimum atomic E-state index is -0.640. The number of aliphatic hydroxyl groups excluding tert-OH is 1. The van der Waals surface area contributed by atoms with Gasteiger partial charge in [0.05, 0.1) is 6.10 Å². The van der Waals surface area contributed by atoms with Crippen LogP contribution in [0.1, 0.15) is 30.1 Å². The molecule has 1 fully saturated rings. The molecule has 1 aliphatic rings. The molecule has 104 valence electrons. The van der Waals surface area contributed by atoms with E-state index in [0.717, 1.165) is 38.7 Å². The number of aliphatic hydroxyl groups is 1. The SMILES string of the molecule is OC(c1ccc(OC2CC2)cc1)c1cc(Br)cc(Br)c1. The van der Waals surface area contributed by atoms with Gasteiger partial charge in [0.15, 0.2) is 0 Å². The van der Waals surface area contributed by atoms with Crippen LogP contribution in [0, 0.1) is 0 Å². The first-order chi connectivity index (χ1) is 9.61. The van der Waals surface area contributed by atoms with Crippen LogP contribution in [0.2, 0.25) is 0 Å². The molecule has 1 N–H and O–H groups in total. The van der Waals surface area contributed by atoms with Crippen LogP contribution in [-0.2, 0) is 0 Å². The lowest BCUT2D eigenvalue weighted by atomic mass is 10.0. The van der Waals surface area contributed by atoms with Gasteiger partial charge in [-0.05, 0) is 54.3 Å². The molecule has 0 heterocycles. The Balaban J connectivity index is 1.79. The smallest absolute Gasteiger partial charge is 0.119 e. The molecular formula is C16H14Br2O2. The van der Waals surface area contributed by atoms with Gasteiger partial charge in [0, 0.05) is 8.95 Å². The van der Waals surface area contributed by atoms with Crippen LogP contribution < -0.4 is 4.74 Å². The summed E-state index contributed by atoms with van der Waals surface area (Å²) in [6.45, 7) is 0. The van der Waals surface area contributed by atoms with E-state index < -0.39 is 6.10 Å². The van der Waals surface area contributed by atoms with Crippen molar-refractivity contribution in [3.8, 4) is 5.75 Å². The van der Waals surface area contributed by atoms with Gasteiger partial charge >= 0.3 is 0 Å². The van der Waals surface area contributed by atoms with Crippen molar-refractivity contribution >= 4 is 31.9 Å². The van der Waals surface area contributed by atoms with Crippen molar-refractivity contribution in [3.05, 3.63) is 62.5 Å². The fraction of sp³-hybridized carbons (Fsp3) is 0.250. The van der Waals surface area contributed by atoms with E-state index in [0.29, 0.717) is 6.10 Å². The summed E-state index contributed by atoms with van der Waals surface area (Å²) in [6.07, 6.45) is 2.05. The zero-order valence-electron chi connectivity index (χ0n) is 10.7. The van der Waals surface area contributed by atoms with Gasteiger partial charge in [0.25, 0.3) is 0 Å². The van der Waals surface area contributed by atoms with Crippen molar-refractivity contribution in [1.82, 2.24) is 0 Å². The Hall–Kier alpha value is -0.840. The van der Waals surface area contributed by atoms with Crippen molar-refractivity contribution < 1.29 is 9.84 Å². The van der Waals surface area contributed by atoms with Crippen molar-refractivity contribution in [3.63, 3.8) is 0 Å². The van der Waals surface area contributed by atoms with Gasteiger partial charge < -0.3 is 9.84 Å². The summed E-state index contributed by atoms with van der Waals surface area (Å²) in [5, 5.41) is 10.4. The van der Waals surface area contributed by atoms with Gasteiger partial charge in [0.1, 0.15) is 11.9 Å². The number of benzene rings is 2. The summed E-state index contributed by atoms with van der Waals surface area (Å²) in [6, 6.07) is 13.5. The fourth-order valence-electron chi connectivity index (χ4n) is 2.03. The van der Waals surface area contributed by atoms with E-state index in [9.17, 15) is 5.11 Å². The van der Waals surface area contributed by atoms with Crippen LogP contribution >= 0.6 is 31.9 Å². The fourth-order valence-corrected chi connectivity index (χ4v) is 3.36. The van der Waals surface area contributed by atoms with Crippen LogP contribution in [0.25, 0.3) is 0 Å². The van der Waals surface area contributed by atoms with Crippen molar-refractivity contribution in [2.75, 3.05) is 0 Å². The Kier molecular flexibility index (Phi) is 4.15. The van der Waals surface area contributed by atoms with E-state index >= 15 is 0 Å². The highest BCUT2D eigenvalue weighted by atomic mass is 79.9. The van der Waals surface area contributed by atoms with Crippen LogP contribution in [0.5, 0.6) is 5.75 Å². The zero-order chi connectivity index (χ0) is 14.1. The van der Waals surface area contributed by atoms with Gasteiger partial charge in [-0.2, -0.15) is 0 Å². The number of halogens is 2. The first-order valence-corrected chi connectivity index (χ1v) is 8.11. The second-order valence-corrected chi connectivity index (χ2v) is 6.82. The summed E-state index contributed by atoms with van der Waals surface area (Å²) in [5.74, 6) is 0.874. The number of ether oxygens (including phenoxy) is 1. The van der Waals surface area contributed by atoms with Gasteiger partial charge in [-0.15, -0.1) is 0 Å². The zero-order valence-corrected chi connectivity index (χ0v) is 13.9. The van der Waals surface area contributed by atoms with Gasteiger partial charge in [-0.25, -0.2) is 0 Å². The summed E-state index contributed by atoms with van der Waals surface area (Å²) in [5.41, 5.74) is 1.71. The Morgan fingerprint density at radius 2 is 1.55 bits per heavy atom. The topological polar surface area (TPSA) is 29.5 Å². The van der Waals surface area contributed by atoms with Gasteiger partial charge in [-0.1, -0.05) is 44.0 Å². The highest BCUT2D eigenvalue weighted by molar-refractivity contribution is 9.11. The summed E-state index contributed by atoms with van der Waals surface area (Å²) < 4.78 is 7.59. The molecule has 0 saturated heterocycles. The predicted octanol–water partition coefficient (Wildman–Crippen LogP) is 4.83. The summed E-state index contributed by atoms with van der Waals surface area (Å²) in [4.78, 5) is 0. The Morgan fingerprint density at radius 1 is 0.950 bits per heavy atom. The highest BCUT2D eigenvalue weighted by Crippen LogP contribution is 2.30. The molecule has 0 spiro atoms. The van der Waals surface area contributed by atoms with E-state index in [2.05, 4.69) is 31.9 Å². The Bertz CT molecular complexity index is 586. The van der Waals surface area contributed by atoms with Crippen molar-refractivity contribution in [2.45, 2.75) is 25.0 Å². The molecule has 1 atom stereocenters. The molecule has 0 radical (unpaired) electrons. The van der Waals surface area contributed by atoms with Crippen LogP contribution in [0.4, 0.5) is 0 Å². The number of hydrogen-bond acceptors (Lipinski definition) is 2. The minimum Gasteiger partial charge on any atom is -0.490 e. The molecule has 1 unspecified atom stereocenters. The normalized spacial score (nSPS) is 15.9. The molecule has 1 saturated carbocycles. The summed E-state index contributed by atoms with van der Waals surface area (Å²) in [7, 11) is 0. The van der Waals surface area contributed by atoms with Crippen molar-refractivity contribution in [1.29, 1.82) is 0 Å². The standard InChI is InChI=1S/C16H14Br2O2/c17-12-7-11(8-13(18)9-12)16(19)10-1-3-14(4-2-10)20-15-5-6-15/h1-4,7-9,15-16,19H,5-6H2. The molecule has 0 aromatic heterocycles. The number of rotatable bonds is 4. The largest absolute Gasteiger partial charge is 0.490 e. The van der Waals surface area contributed by atoms with E-state index in [1.807, 2.05) is 42.5 Å². The molecule has 2 nitrogen and oxygen atoms in total. The molecular weight excluding hydrogens is 384 g/mol. The second-order valence-electron chi connectivity index (χ2n) is 4.99. The van der Waals surface area contributed by atoms with Crippen LogP contribution in [0.15, 0.2) is 51.4 Å². The monoisotopic (exact) mass is 396 g/mol. The molecule has 0 amide bonds. The molecule has 1 aliphatic carbocycles. The molecule has 3 rings (SSSR count). The first-order valence-electron chi connectivity index (χ1n) is 6.52. The van der Waals surface area contributed by atoms with E-state index in [-0.39, 0.29) is 0 Å².